The summed E-state index contributed by atoms with van der Waals surface area (Å²) in [6, 6.07) is 0. The fourth-order valence-corrected chi connectivity index (χ4v) is 3.10. The summed E-state index contributed by atoms with van der Waals surface area (Å²) in [5, 5.41) is 6.95. The van der Waals surface area contributed by atoms with Crippen LogP contribution in [0.3, 0.4) is 0 Å². The van der Waals surface area contributed by atoms with Crippen molar-refractivity contribution in [1.29, 1.82) is 0 Å². The second-order valence-electron chi connectivity index (χ2n) is 4.50. The molecule has 13 heavy (non-hydrogen) atoms. The molecule has 3 heterocycles. The van der Waals surface area contributed by atoms with Crippen LogP contribution in [0, 0.1) is 11.8 Å². The lowest BCUT2D eigenvalue weighted by Crippen LogP contribution is -2.40. The number of ether oxygens (including phenoxy) is 1. The van der Waals surface area contributed by atoms with Gasteiger partial charge in [0.2, 0.25) is 0 Å². The molecule has 0 saturated carbocycles. The molecule has 0 amide bonds. The van der Waals surface area contributed by atoms with Crippen LogP contribution in [0.2, 0.25) is 0 Å². The van der Waals surface area contributed by atoms with Crippen molar-refractivity contribution in [3.63, 3.8) is 0 Å². The molecule has 0 bridgehead atoms. The van der Waals surface area contributed by atoms with Gasteiger partial charge in [0.05, 0.1) is 0 Å². The van der Waals surface area contributed by atoms with Crippen molar-refractivity contribution >= 4 is 0 Å². The average Bonchev–Trinajstić information content (AvgIpc) is 2.56. The quantitative estimate of drug-likeness (QED) is 0.577. The zero-order valence-electron chi connectivity index (χ0n) is 7.96. The Bertz CT molecular complexity index is 177. The monoisotopic (exact) mass is 182 g/mol. The molecule has 3 saturated heterocycles. The summed E-state index contributed by atoms with van der Waals surface area (Å²) in [5.41, 5.74) is 0. The van der Waals surface area contributed by atoms with E-state index < -0.39 is 0 Å². The lowest BCUT2D eigenvalue weighted by Gasteiger charge is -2.30. The van der Waals surface area contributed by atoms with E-state index in [1.165, 1.54) is 25.7 Å². The molecule has 0 aromatic heterocycles. The zero-order chi connectivity index (χ0) is 8.67. The molecule has 2 N–H and O–H groups in total. The van der Waals surface area contributed by atoms with Crippen LogP contribution in [-0.4, -0.2) is 25.5 Å². The van der Waals surface area contributed by atoms with E-state index in [-0.39, 0.29) is 0 Å². The zero-order valence-corrected chi connectivity index (χ0v) is 7.96. The maximum atomic E-state index is 5.95. The Morgan fingerprint density at radius 3 is 1.92 bits per heavy atom. The van der Waals surface area contributed by atoms with Gasteiger partial charge in [0.25, 0.3) is 0 Å². The van der Waals surface area contributed by atoms with E-state index in [4.69, 9.17) is 4.74 Å². The lowest BCUT2D eigenvalue weighted by molar-refractivity contribution is -0.0180. The number of rotatable bonds is 0. The summed E-state index contributed by atoms with van der Waals surface area (Å²) in [6.45, 7) is 2.28. The number of fused-ring (bicyclic) bond motifs is 3. The molecule has 3 rings (SSSR count). The van der Waals surface area contributed by atoms with Crippen LogP contribution < -0.4 is 10.6 Å². The van der Waals surface area contributed by atoms with Crippen molar-refractivity contribution in [3.05, 3.63) is 0 Å². The average molecular weight is 182 g/mol. The highest BCUT2D eigenvalue weighted by molar-refractivity contribution is 4.92. The second kappa shape index (κ2) is 3.23. The van der Waals surface area contributed by atoms with E-state index in [0.29, 0.717) is 12.5 Å². The molecule has 0 aliphatic carbocycles. The third-order valence-corrected chi connectivity index (χ3v) is 3.74. The van der Waals surface area contributed by atoms with Crippen molar-refractivity contribution < 1.29 is 4.74 Å². The largest absolute Gasteiger partial charge is 0.345 e. The van der Waals surface area contributed by atoms with E-state index in [2.05, 4.69) is 10.6 Å². The summed E-state index contributed by atoms with van der Waals surface area (Å²) in [7, 11) is 0. The smallest absolute Gasteiger partial charge is 0.113 e. The van der Waals surface area contributed by atoms with Crippen LogP contribution in [0.15, 0.2) is 0 Å². The van der Waals surface area contributed by atoms with Crippen molar-refractivity contribution in [2.45, 2.75) is 38.1 Å². The Labute approximate surface area is 79.2 Å². The molecule has 3 aliphatic heterocycles. The maximum absolute atomic E-state index is 5.95. The van der Waals surface area contributed by atoms with Crippen LogP contribution in [-0.2, 0) is 4.74 Å². The van der Waals surface area contributed by atoms with Gasteiger partial charge in [-0.15, -0.1) is 0 Å². The number of hydrogen-bond acceptors (Lipinski definition) is 3. The normalized spacial score (nSPS) is 49.8. The first-order chi connectivity index (χ1) is 6.45. The first-order valence-electron chi connectivity index (χ1n) is 5.57. The predicted molar refractivity (Wildman–Crippen MR) is 50.1 cm³/mol. The molecule has 3 fully saturated rings. The lowest BCUT2D eigenvalue weighted by atomic mass is 9.82. The number of hydrogen-bond donors (Lipinski definition) is 2. The molecule has 3 aliphatic rings. The minimum Gasteiger partial charge on any atom is -0.345 e. The van der Waals surface area contributed by atoms with E-state index in [1.807, 2.05) is 0 Å². The first kappa shape index (κ1) is 8.21. The molecule has 0 spiro atoms. The number of nitrogens with one attached hydrogen (secondary N) is 2. The van der Waals surface area contributed by atoms with Gasteiger partial charge in [0.1, 0.15) is 12.5 Å². The van der Waals surface area contributed by atoms with Gasteiger partial charge in [-0.05, 0) is 38.8 Å². The molecule has 4 atom stereocenters. The Morgan fingerprint density at radius 1 is 0.846 bits per heavy atom. The Kier molecular flexibility index (Phi) is 2.04. The number of piperidine rings is 2. The molecule has 0 radical (unpaired) electrons. The summed E-state index contributed by atoms with van der Waals surface area (Å²) >= 11 is 0. The SMILES string of the molecule is C1CNC2OC3NCCCC3C2C1. The molecule has 0 aromatic rings. The highest BCUT2D eigenvalue weighted by Crippen LogP contribution is 2.39. The maximum Gasteiger partial charge on any atom is 0.113 e. The third-order valence-electron chi connectivity index (χ3n) is 3.74. The molecule has 0 aromatic carbocycles. The Hall–Kier alpha value is -0.120. The predicted octanol–water partition coefficient (Wildman–Crippen LogP) is 0.668. The molecule has 3 heteroatoms. The first-order valence-corrected chi connectivity index (χ1v) is 5.57. The molecule has 3 nitrogen and oxygen atoms in total. The van der Waals surface area contributed by atoms with Gasteiger partial charge >= 0.3 is 0 Å². The van der Waals surface area contributed by atoms with Gasteiger partial charge in [-0.3, -0.25) is 10.6 Å². The van der Waals surface area contributed by atoms with Crippen LogP contribution in [0.1, 0.15) is 25.7 Å². The van der Waals surface area contributed by atoms with Gasteiger partial charge in [-0.1, -0.05) is 0 Å². The molecule has 74 valence electrons. The van der Waals surface area contributed by atoms with Crippen molar-refractivity contribution in [2.24, 2.45) is 11.8 Å². The Balaban J connectivity index is 1.76. The van der Waals surface area contributed by atoms with Crippen LogP contribution in [0.25, 0.3) is 0 Å². The summed E-state index contributed by atoms with van der Waals surface area (Å²) in [6.07, 6.45) is 6.09. The van der Waals surface area contributed by atoms with Crippen molar-refractivity contribution in [3.8, 4) is 0 Å². The van der Waals surface area contributed by atoms with Crippen LogP contribution in [0.4, 0.5) is 0 Å². The summed E-state index contributed by atoms with van der Waals surface area (Å²) in [5.74, 6) is 1.57. The highest BCUT2D eigenvalue weighted by atomic mass is 16.5. The highest BCUT2D eigenvalue weighted by Gasteiger charge is 2.45. The van der Waals surface area contributed by atoms with Crippen LogP contribution >= 0.6 is 0 Å². The van der Waals surface area contributed by atoms with E-state index >= 15 is 0 Å². The van der Waals surface area contributed by atoms with Gasteiger partial charge in [0, 0.05) is 11.8 Å². The molecule has 4 unspecified atom stereocenters. The summed E-state index contributed by atoms with van der Waals surface area (Å²) in [4.78, 5) is 0. The standard InChI is InChI=1S/C10H18N2O/c1-3-7-8-4-2-6-12-10(8)13-9(7)11-5-1/h7-12H,1-6H2. The van der Waals surface area contributed by atoms with E-state index in [1.54, 1.807) is 0 Å². The minimum absolute atomic E-state index is 0.356. The second-order valence-corrected chi connectivity index (χ2v) is 4.50. The van der Waals surface area contributed by atoms with Crippen LogP contribution in [0.5, 0.6) is 0 Å². The van der Waals surface area contributed by atoms with Gasteiger partial charge in [-0.25, -0.2) is 0 Å². The molecular weight excluding hydrogens is 164 g/mol. The van der Waals surface area contributed by atoms with Gasteiger partial charge in [-0.2, -0.15) is 0 Å². The molecular formula is C10H18N2O. The van der Waals surface area contributed by atoms with E-state index in [0.717, 1.165) is 24.9 Å². The van der Waals surface area contributed by atoms with Gasteiger partial charge < -0.3 is 4.74 Å². The fourth-order valence-electron chi connectivity index (χ4n) is 3.10. The topological polar surface area (TPSA) is 33.3 Å². The van der Waals surface area contributed by atoms with Gasteiger partial charge in [0.15, 0.2) is 0 Å². The summed E-state index contributed by atoms with van der Waals surface area (Å²) < 4.78 is 5.95. The Morgan fingerprint density at radius 2 is 1.38 bits per heavy atom. The van der Waals surface area contributed by atoms with Crippen molar-refractivity contribution in [1.82, 2.24) is 10.6 Å². The van der Waals surface area contributed by atoms with Crippen molar-refractivity contribution in [2.75, 3.05) is 13.1 Å². The third kappa shape index (κ3) is 1.30. The van der Waals surface area contributed by atoms with E-state index in [9.17, 15) is 0 Å². The fraction of sp³-hybridized carbons (Fsp3) is 1.00. The minimum atomic E-state index is 0.356.